The second kappa shape index (κ2) is 8.30. The zero-order chi connectivity index (χ0) is 20.1. The molecule has 142 valence electrons. The van der Waals surface area contributed by atoms with Crippen molar-refractivity contribution >= 4 is 23.5 Å². The maximum Gasteiger partial charge on any atom is 0.337 e. The first-order valence-corrected chi connectivity index (χ1v) is 8.62. The molecule has 7 heteroatoms. The van der Waals surface area contributed by atoms with Crippen molar-refractivity contribution in [2.75, 3.05) is 17.7 Å². The number of ether oxygens (including phenoxy) is 1. The Morgan fingerprint density at radius 2 is 1.71 bits per heavy atom. The van der Waals surface area contributed by atoms with Crippen LogP contribution in [0, 0.1) is 13.8 Å². The lowest BCUT2D eigenvalue weighted by molar-refractivity contribution is 0.0600. The van der Waals surface area contributed by atoms with Crippen molar-refractivity contribution in [3.63, 3.8) is 0 Å². The SMILES string of the molecule is COC(=O)c1ccc(C)c(-c2ccc(NC(=O)Nc3ncncc3C)cc2)c1. The van der Waals surface area contributed by atoms with Crippen molar-refractivity contribution in [1.82, 2.24) is 9.97 Å². The first kappa shape index (κ1) is 19.0. The van der Waals surface area contributed by atoms with E-state index in [4.69, 9.17) is 4.74 Å². The number of urea groups is 1. The minimum Gasteiger partial charge on any atom is -0.465 e. The number of rotatable bonds is 4. The molecule has 1 aromatic heterocycles. The molecule has 0 spiro atoms. The number of carbonyl (C=O) groups is 2. The number of aryl methyl sites for hydroxylation is 2. The molecule has 2 aromatic carbocycles. The number of hydrogen-bond acceptors (Lipinski definition) is 5. The Kier molecular flexibility index (Phi) is 5.64. The number of methoxy groups -OCH3 is 1. The van der Waals surface area contributed by atoms with E-state index < -0.39 is 6.03 Å². The fourth-order valence-corrected chi connectivity index (χ4v) is 2.71. The lowest BCUT2D eigenvalue weighted by Gasteiger charge is -2.11. The van der Waals surface area contributed by atoms with E-state index in [1.807, 2.05) is 32.0 Å². The molecule has 7 nitrogen and oxygen atoms in total. The molecule has 28 heavy (non-hydrogen) atoms. The van der Waals surface area contributed by atoms with Crippen molar-refractivity contribution in [3.05, 3.63) is 71.7 Å². The summed E-state index contributed by atoms with van der Waals surface area (Å²) in [6.45, 7) is 3.79. The van der Waals surface area contributed by atoms with Crippen LogP contribution in [-0.2, 0) is 4.74 Å². The molecule has 0 atom stereocenters. The van der Waals surface area contributed by atoms with Gasteiger partial charge in [-0.25, -0.2) is 19.6 Å². The molecule has 0 unspecified atom stereocenters. The Balaban J connectivity index is 1.74. The minimum atomic E-state index is -0.390. The summed E-state index contributed by atoms with van der Waals surface area (Å²) in [6.07, 6.45) is 3.00. The Morgan fingerprint density at radius 1 is 0.964 bits per heavy atom. The van der Waals surface area contributed by atoms with Crippen LogP contribution in [0.2, 0.25) is 0 Å². The molecule has 0 bridgehead atoms. The van der Waals surface area contributed by atoms with Gasteiger partial charge >= 0.3 is 12.0 Å². The molecular formula is C21H20N4O3. The van der Waals surface area contributed by atoms with E-state index in [9.17, 15) is 9.59 Å². The van der Waals surface area contributed by atoms with E-state index in [0.717, 1.165) is 22.3 Å². The molecule has 0 saturated heterocycles. The zero-order valence-electron chi connectivity index (χ0n) is 15.8. The quantitative estimate of drug-likeness (QED) is 0.666. The molecule has 0 radical (unpaired) electrons. The highest BCUT2D eigenvalue weighted by Crippen LogP contribution is 2.26. The number of aromatic nitrogens is 2. The molecule has 3 aromatic rings. The smallest absolute Gasteiger partial charge is 0.337 e. The predicted octanol–water partition coefficient (Wildman–Crippen LogP) is 4.19. The summed E-state index contributed by atoms with van der Waals surface area (Å²) in [5.74, 6) is 0.0793. The average Bonchev–Trinajstić information content (AvgIpc) is 2.70. The molecule has 2 amide bonds. The van der Waals surface area contributed by atoms with Gasteiger partial charge in [0.2, 0.25) is 0 Å². The number of nitrogens with zero attached hydrogens (tertiary/aromatic N) is 2. The number of carbonyl (C=O) groups excluding carboxylic acids is 2. The minimum absolute atomic E-state index is 0.378. The third kappa shape index (κ3) is 4.32. The highest BCUT2D eigenvalue weighted by Gasteiger charge is 2.10. The number of amides is 2. The number of anilines is 2. The van der Waals surface area contributed by atoms with Gasteiger partial charge in [0, 0.05) is 17.4 Å². The molecular weight excluding hydrogens is 356 g/mol. The van der Waals surface area contributed by atoms with Gasteiger partial charge in [0.25, 0.3) is 0 Å². The standard InChI is InChI=1S/C21H20N4O3/c1-13-4-5-16(20(26)28-3)10-18(13)15-6-8-17(9-7-15)24-21(27)25-19-14(2)11-22-12-23-19/h4-12H,1-3H3,(H2,22,23,24,25,27). The molecule has 1 heterocycles. The summed E-state index contributed by atoms with van der Waals surface area (Å²) in [6, 6.07) is 12.4. The van der Waals surface area contributed by atoms with Gasteiger partial charge in [-0.15, -0.1) is 0 Å². The lowest BCUT2D eigenvalue weighted by atomic mass is 9.98. The van der Waals surface area contributed by atoms with Crippen LogP contribution < -0.4 is 10.6 Å². The van der Waals surface area contributed by atoms with Gasteiger partial charge in [0.05, 0.1) is 12.7 Å². The Hall–Kier alpha value is -3.74. The fourth-order valence-electron chi connectivity index (χ4n) is 2.71. The van der Waals surface area contributed by atoms with E-state index in [1.165, 1.54) is 13.4 Å². The molecule has 0 fully saturated rings. The highest BCUT2D eigenvalue weighted by atomic mass is 16.5. The Morgan fingerprint density at radius 3 is 2.39 bits per heavy atom. The van der Waals surface area contributed by atoms with Crippen LogP contribution in [-0.4, -0.2) is 29.1 Å². The summed E-state index contributed by atoms with van der Waals surface area (Å²) in [5, 5.41) is 5.45. The maximum atomic E-state index is 12.2. The Labute approximate surface area is 162 Å². The van der Waals surface area contributed by atoms with Crippen LogP contribution in [0.25, 0.3) is 11.1 Å². The van der Waals surface area contributed by atoms with E-state index in [2.05, 4.69) is 20.6 Å². The van der Waals surface area contributed by atoms with E-state index >= 15 is 0 Å². The second-order valence-electron chi connectivity index (χ2n) is 6.23. The Bertz CT molecular complexity index is 1020. The number of esters is 1. The van der Waals surface area contributed by atoms with Crippen LogP contribution in [0.5, 0.6) is 0 Å². The first-order chi connectivity index (χ1) is 13.5. The number of hydrogen-bond donors (Lipinski definition) is 2. The van der Waals surface area contributed by atoms with Crippen LogP contribution in [0.4, 0.5) is 16.3 Å². The van der Waals surface area contributed by atoms with E-state index in [0.29, 0.717) is 17.1 Å². The summed E-state index contributed by atoms with van der Waals surface area (Å²) in [5.41, 5.74) is 4.79. The van der Waals surface area contributed by atoms with E-state index in [-0.39, 0.29) is 5.97 Å². The topological polar surface area (TPSA) is 93.2 Å². The van der Waals surface area contributed by atoms with Gasteiger partial charge in [0.1, 0.15) is 12.1 Å². The van der Waals surface area contributed by atoms with Gasteiger partial charge in [0.15, 0.2) is 0 Å². The first-order valence-electron chi connectivity index (χ1n) is 8.62. The summed E-state index contributed by atoms with van der Waals surface area (Å²) in [4.78, 5) is 31.9. The van der Waals surface area contributed by atoms with Crippen LogP contribution >= 0.6 is 0 Å². The second-order valence-corrected chi connectivity index (χ2v) is 6.23. The van der Waals surface area contributed by atoms with Gasteiger partial charge in [-0.05, 0) is 54.8 Å². The zero-order valence-corrected chi connectivity index (χ0v) is 15.8. The normalized spacial score (nSPS) is 10.2. The van der Waals surface area contributed by atoms with E-state index in [1.54, 1.807) is 30.5 Å². The molecule has 3 rings (SSSR count). The van der Waals surface area contributed by atoms with Gasteiger partial charge in [-0.2, -0.15) is 0 Å². The van der Waals surface area contributed by atoms with Crippen molar-refractivity contribution in [2.45, 2.75) is 13.8 Å². The van der Waals surface area contributed by atoms with Crippen LogP contribution in [0.3, 0.4) is 0 Å². The van der Waals surface area contributed by atoms with Gasteiger partial charge < -0.3 is 10.1 Å². The lowest BCUT2D eigenvalue weighted by Crippen LogP contribution is -2.20. The van der Waals surface area contributed by atoms with Crippen molar-refractivity contribution in [2.24, 2.45) is 0 Å². The average molecular weight is 376 g/mol. The highest BCUT2D eigenvalue weighted by molar-refractivity contribution is 5.99. The fraction of sp³-hybridized carbons (Fsp3) is 0.143. The van der Waals surface area contributed by atoms with Crippen LogP contribution in [0.1, 0.15) is 21.5 Å². The largest absolute Gasteiger partial charge is 0.465 e. The van der Waals surface area contributed by atoms with Crippen molar-refractivity contribution in [1.29, 1.82) is 0 Å². The van der Waals surface area contributed by atoms with Crippen LogP contribution in [0.15, 0.2) is 55.0 Å². The summed E-state index contributed by atoms with van der Waals surface area (Å²) in [7, 11) is 1.36. The molecule has 0 aliphatic heterocycles. The third-order valence-corrected chi connectivity index (χ3v) is 4.24. The van der Waals surface area contributed by atoms with Gasteiger partial charge in [-0.1, -0.05) is 18.2 Å². The maximum absolute atomic E-state index is 12.2. The van der Waals surface area contributed by atoms with Gasteiger partial charge in [-0.3, -0.25) is 5.32 Å². The van der Waals surface area contributed by atoms with Crippen molar-refractivity contribution in [3.8, 4) is 11.1 Å². The summed E-state index contributed by atoms with van der Waals surface area (Å²) >= 11 is 0. The predicted molar refractivity (Wildman–Crippen MR) is 107 cm³/mol. The monoisotopic (exact) mass is 376 g/mol. The molecule has 2 N–H and O–H groups in total. The molecule has 0 saturated carbocycles. The number of nitrogens with one attached hydrogen (secondary N) is 2. The third-order valence-electron chi connectivity index (χ3n) is 4.24. The number of benzene rings is 2. The summed E-state index contributed by atoms with van der Waals surface area (Å²) < 4.78 is 4.78. The molecule has 0 aliphatic carbocycles. The van der Waals surface area contributed by atoms with Crippen molar-refractivity contribution < 1.29 is 14.3 Å². The molecule has 0 aliphatic rings.